The van der Waals surface area contributed by atoms with E-state index in [9.17, 15) is 19.7 Å². The van der Waals surface area contributed by atoms with E-state index in [1.807, 2.05) is 19.1 Å². The first-order chi connectivity index (χ1) is 15.4. The molecule has 164 valence electrons. The molecule has 0 aliphatic heterocycles. The van der Waals surface area contributed by atoms with Crippen molar-refractivity contribution in [3.05, 3.63) is 94.0 Å². The first-order valence-electron chi connectivity index (χ1n) is 9.70. The average molecular weight is 434 g/mol. The van der Waals surface area contributed by atoms with Gasteiger partial charge in [0.1, 0.15) is 11.8 Å². The van der Waals surface area contributed by atoms with Crippen molar-refractivity contribution < 1.29 is 19.2 Å². The van der Waals surface area contributed by atoms with Crippen molar-refractivity contribution in [1.29, 1.82) is 0 Å². The number of nitrogens with one attached hydrogen (secondary N) is 3. The maximum atomic E-state index is 13.0. The Morgan fingerprint density at radius 2 is 1.66 bits per heavy atom. The fourth-order valence-corrected chi connectivity index (χ4v) is 2.99. The van der Waals surface area contributed by atoms with Gasteiger partial charge in [-0.2, -0.15) is 0 Å². The summed E-state index contributed by atoms with van der Waals surface area (Å²) in [4.78, 5) is 36.2. The number of nitrogens with zero attached hydrogens (tertiary/aromatic N) is 1. The lowest BCUT2D eigenvalue weighted by Gasteiger charge is -2.20. The number of nitro groups is 1. The second-order valence-corrected chi connectivity index (χ2v) is 6.94. The number of amides is 3. The molecular formula is C23H22N4O5. The highest BCUT2D eigenvalue weighted by Gasteiger charge is 2.24. The minimum absolute atomic E-state index is 0.102. The summed E-state index contributed by atoms with van der Waals surface area (Å²) in [7, 11) is 1.38. The molecule has 9 nitrogen and oxygen atoms in total. The van der Waals surface area contributed by atoms with E-state index < -0.39 is 22.9 Å². The Morgan fingerprint density at radius 1 is 0.969 bits per heavy atom. The normalized spacial score (nSPS) is 11.2. The zero-order chi connectivity index (χ0) is 23.1. The van der Waals surface area contributed by atoms with Gasteiger partial charge in [0.25, 0.3) is 11.6 Å². The number of hydrogen-bond acceptors (Lipinski definition) is 5. The number of non-ortho nitro benzene ring substituents is 1. The Labute approximate surface area is 184 Å². The van der Waals surface area contributed by atoms with Gasteiger partial charge in [-0.15, -0.1) is 0 Å². The van der Waals surface area contributed by atoms with Gasteiger partial charge in [0.05, 0.1) is 17.7 Å². The number of methoxy groups -OCH3 is 1. The molecule has 0 fully saturated rings. The van der Waals surface area contributed by atoms with Gasteiger partial charge in [-0.05, 0) is 30.7 Å². The fourth-order valence-electron chi connectivity index (χ4n) is 2.99. The van der Waals surface area contributed by atoms with E-state index in [0.717, 1.165) is 5.56 Å². The molecule has 3 N–H and O–H groups in total. The number of anilines is 2. The standard InChI is InChI=1S/C23H22N4O5/c1-15-8-10-17(11-9-15)24-22(28)21(16-6-4-3-5-7-16)26-23(29)25-19-14-18(27(30)31)12-13-20(19)32-2/h3-14,21H,1-2H3,(H,24,28)(H2,25,26,29)/t21-/m0/s1. The Balaban J connectivity index is 1.81. The van der Waals surface area contributed by atoms with Crippen LogP contribution in [-0.2, 0) is 4.79 Å². The number of nitro benzene ring substituents is 1. The third kappa shape index (κ3) is 5.60. The Morgan fingerprint density at radius 3 is 2.28 bits per heavy atom. The van der Waals surface area contributed by atoms with E-state index in [1.54, 1.807) is 42.5 Å². The number of rotatable bonds is 7. The van der Waals surface area contributed by atoms with Crippen molar-refractivity contribution in [1.82, 2.24) is 5.32 Å². The summed E-state index contributed by atoms with van der Waals surface area (Å²) < 4.78 is 5.16. The monoisotopic (exact) mass is 434 g/mol. The minimum atomic E-state index is -1.01. The molecule has 0 aliphatic carbocycles. The Kier molecular flexibility index (Phi) is 7.02. The van der Waals surface area contributed by atoms with Gasteiger partial charge in [-0.1, -0.05) is 48.0 Å². The molecule has 3 amide bonds. The van der Waals surface area contributed by atoms with E-state index >= 15 is 0 Å². The summed E-state index contributed by atoms with van der Waals surface area (Å²) in [6.07, 6.45) is 0. The fraction of sp³-hybridized carbons (Fsp3) is 0.130. The number of benzene rings is 3. The first-order valence-corrected chi connectivity index (χ1v) is 9.70. The van der Waals surface area contributed by atoms with Crippen molar-refractivity contribution in [2.45, 2.75) is 13.0 Å². The van der Waals surface area contributed by atoms with Crippen molar-refractivity contribution in [2.75, 3.05) is 17.7 Å². The molecule has 1 atom stereocenters. The van der Waals surface area contributed by atoms with Crippen LogP contribution in [0.5, 0.6) is 5.75 Å². The molecule has 3 aromatic carbocycles. The summed E-state index contributed by atoms with van der Waals surface area (Å²) >= 11 is 0. The van der Waals surface area contributed by atoms with Gasteiger partial charge in [-0.25, -0.2) is 4.79 Å². The number of ether oxygens (including phenoxy) is 1. The van der Waals surface area contributed by atoms with Gasteiger partial charge >= 0.3 is 6.03 Å². The molecule has 0 radical (unpaired) electrons. The van der Waals surface area contributed by atoms with Crippen LogP contribution in [0, 0.1) is 17.0 Å². The van der Waals surface area contributed by atoms with Crippen LogP contribution in [0.25, 0.3) is 0 Å². The maximum absolute atomic E-state index is 13.0. The van der Waals surface area contributed by atoms with Crippen molar-refractivity contribution in [3.63, 3.8) is 0 Å². The summed E-state index contributed by atoms with van der Waals surface area (Å²) in [6.45, 7) is 1.94. The highest BCUT2D eigenvalue weighted by molar-refractivity contribution is 6.00. The van der Waals surface area contributed by atoms with Gasteiger partial charge in [0.2, 0.25) is 0 Å². The highest BCUT2D eigenvalue weighted by Crippen LogP contribution is 2.29. The number of carbonyl (C=O) groups excluding carboxylic acids is 2. The van der Waals surface area contributed by atoms with Crippen molar-refractivity contribution in [2.24, 2.45) is 0 Å². The van der Waals surface area contributed by atoms with Crippen LogP contribution >= 0.6 is 0 Å². The molecule has 0 spiro atoms. The molecular weight excluding hydrogens is 412 g/mol. The summed E-state index contributed by atoms with van der Waals surface area (Å²) in [5.41, 5.74) is 2.09. The van der Waals surface area contributed by atoms with E-state index in [-0.39, 0.29) is 17.1 Å². The molecule has 0 bridgehead atoms. The zero-order valence-corrected chi connectivity index (χ0v) is 17.5. The third-order valence-electron chi connectivity index (χ3n) is 4.63. The molecule has 0 heterocycles. The topological polar surface area (TPSA) is 123 Å². The second kappa shape index (κ2) is 10.1. The van der Waals surface area contributed by atoms with Gasteiger partial charge in [-0.3, -0.25) is 14.9 Å². The molecule has 9 heteroatoms. The van der Waals surface area contributed by atoms with Crippen LogP contribution in [0.15, 0.2) is 72.8 Å². The number of aryl methyl sites for hydroxylation is 1. The molecule has 0 aromatic heterocycles. The predicted octanol–water partition coefficient (Wildman–Crippen LogP) is 4.41. The smallest absolute Gasteiger partial charge is 0.320 e. The van der Waals surface area contributed by atoms with Crippen LogP contribution in [-0.4, -0.2) is 24.0 Å². The lowest BCUT2D eigenvalue weighted by Crippen LogP contribution is -2.39. The van der Waals surface area contributed by atoms with Crippen LogP contribution in [0.4, 0.5) is 21.9 Å². The lowest BCUT2D eigenvalue weighted by atomic mass is 10.1. The van der Waals surface area contributed by atoms with Crippen LogP contribution in [0.3, 0.4) is 0 Å². The number of urea groups is 1. The highest BCUT2D eigenvalue weighted by atomic mass is 16.6. The second-order valence-electron chi connectivity index (χ2n) is 6.94. The molecule has 3 aromatic rings. The van der Waals surface area contributed by atoms with Crippen LogP contribution in [0.2, 0.25) is 0 Å². The zero-order valence-electron chi connectivity index (χ0n) is 17.5. The third-order valence-corrected chi connectivity index (χ3v) is 4.63. The SMILES string of the molecule is COc1ccc([N+](=O)[O-])cc1NC(=O)N[C@H](C(=O)Nc1ccc(C)cc1)c1ccccc1. The molecule has 3 rings (SSSR count). The Hall–Kier alpha value is -4.40. The van der Waals surface area contributed by atoms with Crippen LogP contribution < -0.4 is 20.7 Å². The maximum Gasteiger partial charge on any atom is 0.320 e. The Bertz CT molecular complexity index is 1120. The van der Waals surface area contributed by atoms with Gasteiger partial charge < -0.3 is 20.7 Å². The summed E-state index contributed by atoms with van der Waals surface area (Å²) in [5, 5.41) is 19.0. The van der Waals surface area contributed by atoms with Gasteiger partial charge in [0, 0.05) is 17.8 Å². The number of carbonyl (C=O) groups is 2. The molecule has 0 saturated carbocycles. The van der Waals surface area contributed by atoms with E-state index in [4.69, 9.17) is 4.74 Å². The minimum Gasteiger partial charge on any atom is -0.495 e. The van der Waals surface area contributed by atoms with Crippen LogP contribution in [0.1, 0.15) is 17.2 Å². The van der Waals surface area contributed by atoms with E-state index in [2.05, 4.69) is 16.0 Å². The average Bonchev–Trinajstić information content (AvgIpc) is 2.79. The van der Waals surface area contributed by atoms with E-state index in [1.165, 1.54) is 25.3 Å². The first kappa shape index (κ1) is 22.3. The molecule has 0 aliphatic rings. The molecule has 0 saturated heterocycles. The molecule has 32 heavy (non-hydrogen) atoms. The number of hydrogen-bond donors (Lipinski definition) is 3. The summed E-state index contributed by atoms with van der Waals surface area (Å²) in [6, 6.07) is 18.1. The van der Waals surface area contributed by atoms with Crippen molar-refractivity contribution in [3.8, 4) is 5.75 Å². The van der Waals surface area contributed by atoms with E-state index in [0.29, 0.717) is 11.3 Å². The lowest BCUT2D eigenvalue weighted by molar-refractivity contribution is -0.384. The van der Waals surface area contributed by atoms with Gasteiger partial charge in [0.15, 0.2) is 0 Å². The quantitative estimate of drug-likeness (QED) is 0.375. The van der Waals surface area contributed by atoms with Crippen molar-refractivity contribution >= 4 is 29.0 Å². The predicted molar refractivity (Wildman–Crippen MR) is 121 cm³/mol. The molecule has 0 unspecified atom stereocenters. The summed E-state index contributed by atoms with van der Waals surface area (Å²) in [5.74, 6) is -0.202. The largest absolute Gasteiger partial charge is 0.495 e.